The van der Waals surface area contributed by atoms with Gasteiger partial charge in [-0.05, 0) is 29.0 Å². The molecule has 3 aromatic rings. The Morgan fingerprint density at radius 2 is 1.78 bits per heavy atom. The summed E-state index contributed by atoms with van der Waals surface area (Å²) in [7, 11) is 0. The van der Waals surface area contributed by atoms with Crippen LogP contribution in [0.25, 0.3) is 10.8 Å². The van der Waals surface area contributed by atoms with Crippen molar-refractivity contribution < 1.29 is 23.5 Å². The maximum atomic E-state index is 14.8. The van der Waals surface area contributed by atoms with E-state index in [1.165, 1.54) is 11.0 Å². The smallest absolute Gasteiger partial charge is 0.414 e. The summed E-state index contributed by atoms with van der Waals surface area (Å²) in [4.78, 5) is 41.0. The van der Waals surface area contributed by atoms with Gasteiger partial charge in [-0.15, -0.1) is 0 Å². The highest BCUT2D eigenvalue weighted by atomic mass is 32.2. The van der Waals surface area contributed by atoms with Gasteiger partial charge in [0.25, 0.3) is 0 Å². The quantitative estimate of drug-likeness (QED) is 0.436. The first-order valence-electron chi connectivity index (χ1n) is 12.4. The normalized spacial score (nSPS) is 17.6. The molecule has 2 amide bonds. The second-order valence-electron chi connectivity index (χ2n) is 9.11. The maximum absolute atomic E-state index is 14.8. The van der Waals surface area contributed by atoms with Crippen LogP contribution in [0.2, 0.25) is 0 Å². The molecule has 2 heterocycles. The van der Waals surface area contributed by atoms with Gasteiger partial charge in [0, 0.05) is 43.0 Å². The molecule has 2 fully saturated rings. The molecule has 192 valence electrons. The molecule has 37 heavy (non-hydrogen) atoms. The van der Waals surface area contributed by atoms with Crippen LogP contribution >= 0.6 is 11.8 Å². The SMILES string of the molecule is O=C(CCC(=O)c1ccc2ccccc2c1)NCC1CN(c2cccc(F)c2N2CCSCC2)C(=O)O1. The number of para-hydroxylation sites is 1. The summed E-state index contributed by atoms with van der Waals surface area (Å²) in [5.74, 6) is 1.03. The third-order valence-electron chi connectivity index (χ3n) is 6.64. The highest BCUT2D eigenvalue weighted by Gasteiger charge is 2.35. The Balaban J connectivity index is 1.15. The molecule has 0 saturated carbocycles. The monoisotopic (exact) mass is 521 g/mol. The molecule has 0 aromatic heterocycles. The summed E-state index contributed by atoms with van der Waals surface area (Å²) < 4.78 is 20.3. The minimum Gasteiger partial charge on any atom is -0.442 e. The van der Waals surface area contributed by atoms with Gasteiger partial charge in [0.05, 0.1) is 24.5 Å². The molecular formula is C28H28FN3O4S. The summed E-state index contributed by atoms with van der Waals surface area (Å²) in [5, 5.41) is 4.79. The number of anilines is 2. The van der Waals surface area contributed by atoms with E-state index in [9.17, 15) is 18.8 Å². The van der Waals surface area contributed by atoms with E-state index in [4.69, 9.17) is 4.74 Å². The molecule has 0 spiro atoms. The molecular weight excluding hydrogens is 493 g/mol. The first kappa shape index (κ1) is 25.1. The average Bonchev–Trinajstić information content (AvgIpc) is 3.30. The molecule has 0 aliphatic carbocycles. The van der Waals surface area contributed by atoms with E-state index in [-0.39, 0.29) is 43.4 Å². The molecule has 2 saturated heterocycles. The van der Waals surface area contributed by atoms with E-state index in [0.29, 0.717) is 30.0 Å². The van der Waals surface area contributed by atoms with Gasteiger partial charge in [-0.3, -0.25) is 14.5 Å². The van der Waals surface area contributed by atoms with Crippen LogP contribution in [0.15, 0.2) is 60.7 Å². The van der Waals surface area contributed by atoms with Crippen LogP contribution < -0.4 is 15.1 Å². The van der Waals surface area contributed by atoms with Gasteiger partial charge in [-0.25, -0.2) is 9.18 Å². The number of Topliss-reactive ketones (excluding diaryl/α,β-unsaturated/α-hetero) is 1. The average molecular weight is 522 g/mol. The Morgan fingerprint density at radius 3 is 2.59 bits per heavy atom. The van der Waals surface area contributed by atoms with E-state index in [2.05, 4.69) is 5.32 Å². The number of fused-ring (bicyclic) bond motifs is 1. The van der Waals surface area contributed by atoms with Crippen molar-refractivity contribution in [3.63, 3.8) is 0 Å². The molecule has 0 bridgehead atoms. The van der Waals surface area contributed by atoms with Crippen LogP contribution in [0.4, 0.5) is 20.6 Å². The van der Waals surface area contributed by atoms with Crippen molar-refractivity contribution in [2.45, 2.75) is 18.9 Å². The van der Waals surface area contributed by atoms with Crippen molar-refractivity contribution in [2.75, 3.05) is 47.5 Å². The Kier molecular flexibility index (Phi) is 7.60. The van der Waals surface area contributed by atoms with Crippen molar-refractivity contribution >= 4 is 51.7 Å². The number of amides is 2. The number of nitrogens with one attached hydrogen (secondary N) is 1. The van der Waals surface area contributed by atoms with Crippen LogP contribution in [0.5, 0.6) is 0 Å². The van der Waals surface area contributed by atoms with Gasteiger partial charge >= 0.3 is 6.09 Å². The number of hydrogen-bond donors (Lipinski definition) is 1. The number of halogens is 1. The molecule has 0 radical (unpaired) electrons. The lowest BCUT2D eigenvalue weighted by Crippen LogP contribution is -2.36. The molecule has 2 aliphatic rings. The number of nitrogens with zero attached hydrogens (tertiary/aromatic N) is 2. The third-order valence-corrected chi connectivity index (χ3v) is 7.58. The van der Waals surface area contributed by atoms with Crippen LogP contribution in [0.1, 0.15) is 23.2 Å². The minimum absolute atomic E-state index is 0.0387. The summed E-state index contributed by atoms with van der Waals surface area (Å²) in [6, 6.07) is 18.0. The van der Waals surface area contributed by atoms with E-state index >= 15 is 0 Å². The van der Waals surface area contributed by atoms with Gasteiger partial charge in [0.2, 0.25) is 5.91 Å². The molecule has 5 rings (SSSR count). The van der Waals surface area contributed by atoms with Gasteiger partial charge in [0.1, 0.15) is 11.9 Å². The maximum Gasteiger partial charge on any atom is 0.414 e. The van der Waals surface area contributed by atoms with Crippen molar-refractivity contribution in [3.05, 3.63) is 72.0 Å². The third kappa shape index (κ3) is 5.72. The number of rotatable bonds is 8. The van der Waals surface area contributed by atoms with Crippen molar-refractivity contribution in [2.24, 2.45) is 0 Å². The Bertz CT molecular complexity index is 1330. The van der Waals surface area contributed by atoms with Gasteiger partial charge in [0.15, 0.2) is 5.78 Å². The summed E-state index contributed by atoms with van der Waals surface area (Å²) in [6.07, 6.45) is -1.01. The molecule has 2 aliphatic heterocycles. The van der Waals surface area contributed by atoms with E-state index in [0.717, 1.165) is 22.3 Å². The second-order valence-corrected chi connectivity index (χ2v) is 10.3. The standard InChI is InChI=1S/C28H28FN3O4S/c29-23-6-3-7-24(27(23)31-12-14-37-15-13-31)32-18-22(36-28(32)35)17-30-26(34)11-10-25(33)21-9-8-19-4-1-2-5-20(19)16-21/h1-9,16,22H,10-15,17-18H2,(H,30,34). The lowest BCUT2D eigenvalue weighted by molar-refractivity contribution is -0.121. The molecule has 1 N–H and O–H groups in total. The Labute approximate surface area is 218 Å². The van der Waals surface area contributed by atoms with Crippen molar-refractivity contribution in [1.82, 2.24) is 5.32 Å². The largest absolute Gasteiger partial charge is 0.442 e. The van der Waals surface area contributed by atoms with E-state index in [1.807, 2.05) is 53.1 Å². The van der Waals surface area contributed by atoms with Gasteiger partial charge in [-0.2, -0.15) is 11.8 Å². The fourth-order valence-electron chi connectivity index (χ4n) is 4.70. The molecule has 9 heteroatoms. The Morgan fingerprint density at radius 1 is 1.00 bits per heavy atom. The number of benzene rings is 3. The number of carbonyl (C=O) groups is 3. The summed E-state index contributed by atoms with van der Waals surface area (Å²) in [5.41, 5.74) is 1.47. The zero-order chi connectivity index (χ0) is 25.8. The molecule has 7 nitrogen and oxygen atoms in total. The fraction of sp³-hybridized carbons (Fsp3) is 0.321. The zero-order valence-corrected chi connectivity index (χ0v) is 21.1. The summed E-state index contributed by atoms with van der Waals surface area (Å²) in [6.45, 7) is 1.74. The number of ether oxygens (including phenoxy) is 1. The highest BCUT2D eigenvalue weighted by molar-refractivity contribution is 7.99. The fourth-order valence-corrected chi connectivity index (χ4v) is 5.60. The molecule has 1 unspecified atom stereocenters. The molecule has 3 aromatic carbocycles. The minimum atomic E-state index is -0.569. The van der Waals surface area contributed by atoms with Crippen LogP contribution in [-0.2, 0) is 9.53 Å². The van der Waals surface area contributed by atoms with Gasteiger partial charge in [-0.1, -0.05) is 42.5 Å². The van der Waals surface area contributed by atoms with Crippen molar-refractivity contribution in [3.8, 4) is 0 Å². The molecule has 1 atom stereocenters. The van der Waals surface area contributed by atoms with E-state index in [1.54, 1.807) is 18.2 Å². The topological polar surface area (TPSA) is 79.0 Å². The predicted molar refractivity (Wildman–Crippen MR) is 144 cm³/mol. The first-order valence-corrected chi connectivity index (χ1v) is 13.5. The number of hydrogen-bond acceptors (Lipinski definition) is 6. The Hall–Kier alpha value is -3.59. The number of cyclic esters (lactones) is 1. The number of carbonyl (C=O) groups excluding carboxylic acids is 3. The van der Waals surface area contributed by atoms with Crippen LogP contribution in [0.3, 0.4) is 0 Å². The van der Waals surface area contributed by atoms with E-state index < -0.39 is 12.2 Å². The second kappa shape index (κ2) is 11.2. The van der Waals surface area contributed by atoms with Gasteiger partial charge < -0.3 is 15.0 Å². The first-order chi connectivity index (χ1) is 18.0. The number of ketones is 1. The zero-order valence-electron chi connectivity index (χ0n) is 20.3. The van der Waals surface area contributed by atoms with Crippen LogP contribution in [-0.4, -0.2) is 61.6 Å². The predicted octanol–water partition coefficient (Wildman–Crippen LogP) is 4.64. The number of thioether (sulfide) groups is 1. The highest BCUT2D eigenvalue weighted by Crippen LogP contribution is 2.35. The van der Waals surface area contributed by atoms with Crippen molar-refractivity contribution in [1.29, 1.82) is 0 Å². The lowest BCUT2D eigenvalue weighted by Gasteiger charge is -2.32. The van der Waals surface area contributed by atoms with Crippen LogP contribution in [0, 0.1) is 5.82 Å². The lowest BCUT2D eigenvalue weighted by atomic mass is 10.0. The summed E-state index contributed by atoms with van der Waals surface area (Å²) >= 11 is 1.82.